The third-order valence-electron chi connectivity index (χ3n) is 10.1. The Balaban J connectivity index is 1.16. The zero-order valence-corrected chi connectivity index (χ0v) is 25.1. The van der Waals surface area contributed by atoms with Crippen molar-refractivity contribution in [2.45, 2.75) is 18.3 Å². The van der Waals surface area contributed by atoms with Crippen LogP contribution >= 0.6 is 0 Å². The van der Waals surface area contributed by atoms with Crippen molar-refractivity contribution in [2.24, 2.45) is 0 Å². The van der Waals surface area contributed by atoms with Gasteiger partial charge in [0.2, 0.25) is 0 Å². The fourth-order valence-electron chi connectivity index (χ4n) is 8.09. The van der Waals surface area contributed by atoms with Crippen LogP contribution in [0.15, 0.2) is 151 Å². The smallest absolute Gasteiger partial charge is 0.132 e. The van der Waals surface area contributed by atoms with Gasteiger partial charge in [-0.05, 0) is 82.6 Å². The first-order chi connectivity index (χ1) is 22.8. The predicted octanol–water partition coefficient (Wildman–Crippen LogP) is 10.7. The molecular formula is C43H28N2O. The van der Waals surface area contributed by atoms with E-state index < -0.39 is 5.41 Å². The third-order valence-corrected chi connectivity index (χ3v) is 10.1. The molecule has 2 aromatic heterocycles. The second-order valence-electron chi connectivity index (χ2n) is 12.4. The molecule has 3 nitrogen and oxygen atoms in total. The summed E-state index contributed by atoms with van der Waals surface area (Å²) in [6.45, 7) is 0. The molecule has 2 aliphatic carbocycles. The van der Waals surface area contributed by atoms with Gasteiger partial charge in [0.1, 0.15) is 11.5 Å². The molecule has 3 heterocycles. The van der Waals surface area contributed by atoms with E-state index in [1.807, 2.05) is 12.3 Å². The van der Waals surface area contributed by atoms with Crippen LogP contribution in [0.3, 0.4) is 0 Å². The minimum Gasteiger partial charge on any atom is -0.457 e. The van der Waals surface area contributed by atoms with Gasteiger partial charge in [-0.2, -0.15) is 0 Å². The Morgan fingerprint density at radius 3 is 2.33 bits per heavy atom. The van der Waals surface area contributed by atoms with E-state index in [9.17, 15) is 0 Å². The minimum absolute atomic E-state index is 0.400. The lowest BCUT2D eigenvalue weighted by atomic mass is 9.64. The summed E-state index contributed by atoms with van der Waals surface area (Å²) >= 11 is 0. The topological polar surface area (TPSA) is 35.0 Å². The largest absolute Gasteiger partial charge is 0.457 e. The molecule has 216 valence electrons. The summed E-state index contributed by atoms with van der Waals surface area (Å²) in [4.78, 5) is 9.80. The van der Waals surface area contributed by atoms with Gasteiger partial charge in [-0.25, -0.2) is 4.98 Å². The Kier molecular flexibility index (Phi) is 5.32. The maximum atomic E-state index is 6.66. The summed E-state index contributed by atoms with van der Waals surface area (Å²) in [5.41, 5.74) is 13.7. The molecule has 0 bridgehead atoms. The molecule has 1 spiro atoms. The first-order valence-electron chi connectivity index (χ1n) is 16.0. The number of pyridine rings is 2. The van der Waals surface area contributed by atoms with Gasteiger partial charge >= 0.3 is 0 Å². The van der Waals surface area contributed by atoms with Gasteiger partial charge in [-0.3, -0.25) is 4.98 Å². The van der Waals surface area contributed by atoms with Crippen molar-refractivity contribution in [1.29, 1.82) is 0 Å². The molecule has 0 saturated carbocycles. The fourth-order valence-corrected chi connectivity index (χ4v) is 8.09. The molecule has 10 rings (SSSR count). The number of benzene rings is 5. The van der Waals surface area contributed by atoms with E-state index >= 15 is 0 Å². The Morgan fingerprint density at radius 2 is 1.37 bits per heavy atom. The van der Waals surface area contributed by atoms with Crippen LogP contribution in [0.4, 0.5) is 0 Å². The van der Waals surface area contributed by atoms with E-state index in [-0.39, 0.29) is 0 Å². The molecular weight excluding hydrogens is 560 g/mol. The quantitative estimate of drug-likeness (QED) is 0.189. The molecule has 46 heavy (non-hydrogen) atoms. The molecule has 7 aromatic rings. The number of allylic oxidation sites excluding steroid dienone is 4. The average Bonchev–Trinajstić information content (AvgIpc) is 3.42. The second-order valence-corrected chi connectivity index (χ2v) is 12.4. The average molecular weight is 589 g/mol. The highest BCUT2D eigenvalue weighted by Gasteiger charge is 2.52. The molecule has 0 radical (unpaired) electrons. The minimum atomic E-state index is -0.400. The highest BCUT2D eigenvalue weighted by molar-refractivity contribution is 6.03. The molecule has 1 unspecified atom stereocenters. The van der Waals surface area contributed by atoms with Crippen molar-refractivity contribution in [1.82, 2.24) is 9.97 Å². The standard InChI is InChI=1S/C43H28N2O/c1-3-14-34-32(12-1)33-13-2-4-15-35(33)43(34)36-16-5-6-17-39(36)46-40-23-21-30(26-37(40)43)29-9-7-10-31(25-29)38-22-20-28-19-18-27-11-8-24-44-41(27)42(28)45-38/h1-3,5-14,16-26H,4,15H2. The lowest BCUT2D eigenvalue weighted by Crippen LogP contribution is -2.33. The van der Waals surface area contributed by atoms with Crippen LogP contribution < -0.4 is 4.74 Å². The van der Waals surface area contributed by atoms with E-state index in [4.69, 9.17) is 9.72 Å². The Morgan fingerprint density at radius 1 is 0.587 bits per heavy atom. The summed E-state index contributed by atoms with van der Waals surface area (Å²) < 4.78 is 6.66. The summed E-state index contributed by atoms with van der Waals surface area (Å²) in [5, 5.41) is 2.19. The molecule has 3 aliphatic rings. The van der Waals surface area contributed by atoms with E-state index in [2.05, 4.69) is 138 Å². The number of aromatic nitrogens is 2. The highest BCUT2D eigenvalue weighted by atomic mass is 16.5. The Labute approximate surface area is 267 Å². The van der Waals surface area contributed by atoms with Crippen molar-refractivity contribution < 1.29 is 4.74 Å². The Bertz CT molecular complexity index is 2470. The lowest BCUT2D eigenvalue weighted by molar-refractivity contribution is 0.432. The van der Waals surface area contributed by atoms with Crippen LogP contribution in [0.1, 0.15) is 35.1 Å². The highest BCUT2D eigenvalue weighted by Crippen LogP contribution is 2.63. The van der Waals surface area contributed by atoms with Crippen molar-refractivity contribution in [3.63, 3.8) is 0 Å². The molecule has 0 saturated heterocycles. The molecule has 3 heteroatoms. The predicted molar refractivity (Wildman–Crippen MR) is 186 cm³/mol. The van der Waals surface area contributed by atoms with Crippen LogP contribution in [-0.4, -0.2) is 9.97 Å². The summed E-state index contributed by atoms with van der Waals surface area (Å²) in [5.74, 6) is 1.86. The van der Waals surface area contributed by atoms with E-state index in [1.54, 1.807) is 0 Å². The molecule has 0 N–H and O–H groups in total. The summed E-state index contributed by atoms with van der Waals surface area (Å²) in [6.07, 6.45) is 8.56. The number of rotatable bonds is 2. The molecule has 5 aromatic carbocycles. The number of hydrogen-bond acceptors (Lipinski definition) is 3. The van der Waals surface area contributed by atoms with Gasteiger partial charge in [-0.15, -0.1) is 0 Å². The lowest BCUT2D eigenvalue weighted by Gasteiger charge is -2.41. The van der Waals surface area contributed by atoms with Gasteiger partial charge < -0.3 is 4.74 Å². The second kappa shape index (κ2) is 9.60. The monoisotopic (exact) mass is 588 g/mol. The van der Waals surface area contributed by atoms with Crippen molar-refractivity contribution >= 4 is 27.4 Å². The third kappa shape index (κ3) is 3.48. The first-order valence-corrected chi connectivity index (χ1v) is 16.0. The number of fused-ring (bicyclic) bond motifs is 11. The number of nitrogens with zero attached hydrogens (tertiary/aromatic N) is 2. The van der Waals surface area contributed by atoms with E-state index in [0.717, 1.165) is 68.5 Å². The van der Waals surface area contributed by atoms with E-state index in [0.29, 0.717) is 0 Å². The maximum Gasteiger partial charge on any atom is 0.132 e. The normalized spacial score (nSPS) is 17.5. The van der Waals surface area contributed by atoms with Gasteiger partial charge in [0.25, 0.3) is 0 Å². The van der Waals surface area contributed by atoms with Crippen molar-refractivity contribution in [2.75, 3.05) is 0 Å². The zero-order valence-electron chi connectivity index (χ0n) is 25.1. The number of para-hydroxylation sites is 1. The SMILES string of the molecule is C1=CC2=C(CC1)C1(c3ccccc3Oc3ccc(-c4cccc(-c5ccc6ccc7cccnc7c6n5)c4)cc31)c1ccccc12. The first kappa shape index (κ1) is 25.5. The number of hydrogen-bond donors (Lipinski definition) is 0. The van der Waals surface area contributed by atoms with Gasteiger partial charge in [0, 0.05) is 33.7 Å². The van der Waals surface area contributed by atoms with Crippen LogP contribution in [-0.2, 0) is 5.41 Å². The maximum absolute atomic E-state index is 6.66. The molecule has 0 fully saturated rings. The summed E-state index contributed by atoms with van der Waals surface area (Å²) in [7, 11) is 0. The Hall–Kier alpha value is -5.80. The van der Waals surface area contributed by atoms with E-state index in [1.165, 1.54) is 33.4 Å². The van der Waals surface area contributed by atoms with Gasteiger partial charge in [0.05, 0.1) is 22.1 Å². The van der Waals surface area contributed by atoms with Crippen molar-refractivity contribution in [3.05, 3.63) is 174 Å². The van der Waals surface area contributed by atoms with Gasteiger partial charge in [-0.1, -0.05) is 103 Å². The van der Waals surface area contributed by atoms with Crippen molar-refractivity contribution in [3.8, 4) is 33.9 Å². The van der Waals surface area contributed by atoms with Gasteiger partial charge in [0.15, 0.2) is 0 Å². The summed E-state index contributed by atoms with van der Waals surface area (Å²) in [6, 6.07) is 45.6. The molecule has 1 atom stereocenters. The van der Waals surface area contributed by atoms with Crippen LogP contribution in [0.2, 0.25) is 0 Å². The zero-order chi connectivity index (χ0) is 30.2. The van der Waals surface area contributed by atoms with Crippen LogP contribution in [0.25, 0.3) is 49.8 Å². The number of ether oxygens (including phenoxy) is 1. The molecule has 1 aliphatic heterocycles. The van der Waals surface area contributed by atoms with Crippen LogP contribution in [0.5, 0.6) is 11.5 Å². The van der Waals surface area contributed by atoms with Crippen LogP contribution in [0, 0.1) is 0 Å². The fraction of sp³-hybridized carbons (Fsp3) is 0.0698. The molecule has 0 amide bonds.